The van der Waals surface area contributed by atoms with Crippen molar-refractivity contribution >= 4 is 5.91 Å². The van der Waals surface area contributed by atoms with Gasteiger partial charge in [-0.15, -0.1) is 0 Å². The molecule has 1 atom stereocenters. The third-order valence-corrected chi connectivity index (χ3v) is 4.15. The van der Waals surface area contributed by atoms with E-state index in [9.17, 15) is 4.79 Å². The van der Waals surface area contributed by atoms with Gasteiger partial charge in [-0.1, -0.05) is 12.1 Å². The smallest absolute Gasteiger partial charge is 0.240 e. The molecule has 1 aliphatic rings. The highest BCUT2D eigenvalue weighted by atomic mass is 16.6. The molecule has 1 aromatic rings. The summed E-state index contributed by atoms with van der Waals surface area (Å²) in [6, 6.07) is 8.85. The van der Waals surface area contributed by atoms with Gasteiger partial charge in [0, 0.05) is 13.0 Å². The van der Waals surface area contributed by atoms with Crippen LogP contribution >= 0.6 is 0 Å². The van der Waals surface area contributed by atoms with Crippen molar-refractivity contribution < 1.29 is 14.4 Å². The molecule has 0 bridgehead atoms. The van der Waals surface area contributed by atoms with Crippen molar-refractivity contribution in [2.24, 2.45) is 0 Å². The van der Waals surface area contributed by atoms with Gasteiger partial charge in [-0.3, -0.25) is 14.5 Å². The number of ether oxygens (including phenoxy) is 1. The number of likely N-dealkylation sites (tertiary alicyclic amines) is 1. The van der Waals surface area contributed by atoms with Gasteiger partial charge < -0.3 is 4.74 Å². The second kappa shape index (κ2) is 9.53. The summed E-state index contributed by atoms with van der Waals surface area (Å²) < 4.78 is 5.83. The average molecular weight is 320 g/mol. The van der Waals surface area contributed by atoms with Crippen LogP contribution in [-0.4, -0.2) is 37.1 Å². The molecule has 5 nitrogen and oxygen atoms in total. The zero-order valence-electron chi connectivity index (χ0n) is 14.2. The van der Waals surface area contributed by atoms with Crippen molar-refractivity contribution in [1.29, 1.82) is 0 Å². The Morgan fingerprint density at radius 3 is 2.74 bits per heavy atom. The average Bonchev–Trinajstić information content (AvgIpc) is 3.07. The summed E-state index contributed by atoms with van der Waals surface area (Å²) in [5.74, 6) is 0.751. The zero-order valence-corrected chi connectivity index (χ0v) is 14.2. The van der Waals surface area contributed by atoms with E-state index in [1.807, 2.05) is 6.07 Å². The maximum absolute atomic E-state index is 10.6. The first-order valence-electron chi connectivity index (χ1n) is 8.52. The molecule has 0 aliphatic carbocycles. The van der Waals surface area contributed by atoms with Crippen molar-refractivity contribution in [2.75, 3.05) is 26.3 Å². The van der Waals surface area contributed by atoms with Gasteiger partial charge in [0.1, 0.15) is 5.75 Å². The number of nitrogens with zero attached hydrogens (tertiary/aromatic N) is 1. The summed E-state index contributed by atoms with van der Waals surface area (Å²) >= 11 is 0. The number of nitrogens with one attached hydrogen (secondary N) is 1. The number of carbonyl (C=O) groups is 1. The minimum Gasteiger partial charge on any atom is -0.494 e. The van der Waals surface area contributed by atoms with Gasteiger partial charge in [-0.05, 0) is 63.4 Å². The number of carbonyl (C=O) groups excluding carboxylic acids is 1. The summed E-state index contributed by atoms with van der Waals surface area (Å²) in [6.45, 7) is 7.25. The lowest BCUT2D eigenvalue weighted by Crippen LogP contribution is -2.23. The molecule has 0 aromatic heterocycles. The van der Waals surface area contributed by atoms with Crippen LogP contribution in [-0.2, 0) is 9.63 Å². The number of amides is 1. The van der Waals surface area contributed by atoms with E-state index < -0.39 is 0 Å². The van der Waals surface area contributed by atoms with Crippen LogP contribution in [0.3, 0.4) is 0 Å². The van der Waals surface area contributed by atoms with Gasteiger partial charge in [-0.25, -0.2) is 5.48 Å². The van der Waals surface area contributed by atoms with Gasteiger partial charge in [0.25, 0.3) is 0 Å². The Morgan fingerprint density at radius 1 is 1.26 bits per heavy atom. The molecule has 1 saturated heterocycles. The Bertz CT molecular complexity index is 487. The molecule has 1 unspecified atom stereocenters. The summed E-state index contributed by atoms with van der Waals surface area (Å²) in [5.41, 5.74) is 3.63. The fourth-order valence-corrected chi connectivity index (χ4v) is 2.82. The number of unbranched alkanes of at least 4 members (excludes halogenated alkanes) is 1. The molecular weight excluding hydrogens is 292 g/mol. The highest BCUT2D eigenvalue weighted by Crippen LogP contribution is 2.26. The topological polar surface area (TPSA) is 50.8 Å². The highest BCUT2D eigenvalue weighted by Gasteiger charge is 2.19. The lowest BCUT2D eigenvalue weighted by Gasteiger charge is -2.24. The number of hydroxylamine groups is 1. The van der Waals surface area contributed by atoms with Crippen LogP contribution in [0.25, 0.3) is 0 Å². The summed E-state index contributed by atoms with van der Waals surface area (Å²) in [6.07, 6.45) is 4.36. The molecule has 0 radical (unpaired) electrons. The van der Waals surface area contributed by atoms with E-state index in [2.05, 4.69) is 35.5 Å². The van der Waals surface area contributed by atoms with E-state index in [0.29, 0.717) is 19.3 Å². The van der Waals surface area contributed by atoms with Gasteiger partial charge in [0.15, 0.2) is 0 Å². The number of benzene rings is 1. The third kappa shape index (κ3) is 6.20. The van der Waals surface area contributed by atoms with E-state index in [4.69, 9.17) is 9.57 Å². The monoisotopic (exact) mass is 320 g/mol. The number of hydrogen-bond acceptors (Lipinski definition) is 4. The zero-order chi connectivity index (χ0) is 16.5. The third-order valence-electron chi connectivity index (χ3n) is 4.15. The van der Waals surface area contributed by atoms with Crippen molar-refractivity contribution in [3.8, 4) is 5.75 Å². The lowest BCUT2D eigenvalue weighted by molar-refractivity contribution is -0.131. The molecule has 23 heavy (non-hydrogen) atoms. The van der Waals surface area contributed by atoms with Crippen molar-refractivity contribution in [1.82, 2.24) is 10.4 Å². The van der Waals surface area contributed by atoms with E-state index in [0.717, 1.165) is 18.6 Å². The Labute approximate surface area is 138 Å². The minimum absolute atomic E-state index is 0.176. The Hall–Kier alpha value is -1.59. The first-order valence-corrected chi connectivity index (χ1v) is 8.52. The van der Waals surface area contributed by atoms with Crippen LogP contribution in [0.5, 0.6) is 5.75 Å². The largest absolute Gasteiger partial charge is 0.494 e. The maximum atomic E-state index is 10.6. The normalized spacial score (nSPS) is 16.3. The van der Waals surface area contributed by atoms with Crippen molar-refractivity contribution in [3.05, 3.63) is 29.8 Å². The summed E-state index contributed by atoms with van der Waals surface area (Å²) in [5, 5.41) is 0. The Kier molecular flexibility index (Phi) is 7.36. The summed E-state index contributed by atoms with van der Waals surface area (Å²) in [4.78, 5) is 18.2. The first-order chi connectivity index (χ1) is 11.2. The van der Waals surface area contributed by atoms with Crippen LogP contribution in [0.4, 0.5) is 0 Å². The molecule has 1 amide bonds. The van der Waals surface area contributed by atoms with Crippen LogP contribution in [0.15, 0.2) is 24.3 Å². The maximum Gasteiger partial charge on any atom is 0.240 e. The molecule has 1 N–H and O–H groups in total. The molecule has 0 spiro atoms. The van der Waals surface area contributed by atoms with Gasteiger partial charge >= 0.3 is 0 Å². The number of rotatable bonds is 9. The molecule has 5 heteroatoms. The van der Waals surface area contributed by atoms with E-state index in [1.54, 1.807) is 0 Å². The molecule has 0 saturated carbocycles. The fourth-order valence-electron chi connectivity index (χ4n) is 2.82. The van der Waals surface area contributed by atoms with E-state index >= 15 is 0 Å². The molecule has 128 valence electrons. The van der Waals surface area contributed by atoms with Gasteiger partial charge in [0.05, 0.1) is 13.2 Å². The van der Waals surface area contributed by atoms with E-state index in [-0.39, 0.29) is 5.91 Å². The van der Waals surface area contributed by atoms with Gasteiger partial charge in [0.2, 0.25) is 5.91 Å². The molecular formula is C18H28N2O3. The summed E-state index contributed by atoms with van der Waals surface area (Å²) in [7, 11) is 0. The first kappa shape index (κ1) is 17.8. The lowest BCUT2D eigenvalue weighted by atomic mass is 10.1. The molecule has 1 fully saturated rings. The predicted molar refractivity (Wildman–Crippen MR) is 90.2 cm³/mol. The van der Waals surface area contributed by atoms with E-state index in [1.165, 1.54) is 38.4 Å². The highest BCUT2D eigenvalue weighted by molar-refractivity contribution is 5.71. The van der Waals surface area contributed by atoms with Crippen LogP contribution < -0.4 is 10.2 Å². The number of hydrogen-bond donors (Lipinski definition) is 1. The molecule has 1 aromatic carbocycles. The Morgan fingerprint density at radius 2 is 2.00 bits per heavy atom. The fraction of sp³-hybridized carbons (Fsp3) is 0.611. The minimum atomic E-state index is -0.176. The molecule has 1 heterocycles. The second-order valence-electron chi connectivity index (χ2n) is 6.05. The van der Waals surface area contributed by atoms with Crippen LogP contribution in [0.2, 0.25) is 0 Å². The molecule has 2 rings (SSSR count). The SMILES string of the molecule is CC(=O)NOCCCCOc1cccc(C(C)N2CCCC2)c1. The van der Waals surface area contributed by atoms with Crippen LogP contribution in [0.1, 0.15) is 51.1 Å². The van der Waals surface area contributed by atoms with Crippen molar-refractivity contribution in [2.45, 2.75) is 45.6 Å². The standard InChI is InChI=1S/C18H28N2O3/c1-15(20-10-3-4-11-20)17-8-7-9-18(14-17)22-12-5-6-13-23-19-16(2)21/h7-9,14-15H,3-6,10-13H2,1-2H3,(H,19,21). The Balaban J connectivity index is 1.69. The van der Waals surface area contributed by atoms with Gasteiger partial charge in [-0.2, -0.15) is 0 Å². The predicted octanol–water partition coefficient (Wildman–Crippen LogP) is 3.07. The quantitative estimate of drug-likeness (QED) is 0.561. The van der Waals surface area contributed by atoms with Crippen molar-refractivity contribution in [3.63, 3.8) is 0 Å². The van der Waals surface area contributed by atoms with Crippen LogP contribution in [0, 0.1) is 0 Å². The molecule has 1 aliphatic heterocycles. The second-order valence-corrected chi connectivity index (χ2v) is 6.05.